The minimum atomic E-state index is -0.219. The van der Waals surface area contributed by atoms with Gasteiger partial charge in [-0.15, -0.1) is 0 Å². The molecule has 0 bridgehead atoms. The highest BCUT2D eigenvalue weighted by Crippen LogP contribution is 2.22. The van der Waals surface area contributed by atoms with Crippen LogP contribution in [0, 0.1) is 0 Å². The Morgan fingerprint density at radius 2 is 2.12 bits per heavy atom. The van der Waals surface area contributed by atoms with E-state index in [-0.39, 0.29) is 5.91 Å². The Bertz CT molecular complexity index is 402. The zero-order valence-electron chi connectivity index (χ0n) is 9.48. The summed E-state index contributed by atoms with van der Waals surface area (Å²) < 4.78 is 10.2. The van der Waals surface area contributed by atoms with Crippen molar-refractivity contribution >= 4 is 12.1 Å². The van der Waals surface area contributed by atoms with Crippen LogP contribution in [0.15, 0.2) is 23.3 Å². The molecule has 0 aliphatic carbocycles. The van der Waals surface area contributed by atoms with E-state index in [2.05, 4.69) is 10.5 Å². The third-order valence-electron chi connectivity index (χ3n) is 1.87. The second-order valence-electron chi connectivity index (χ2n) is 3.03. The van der Waals surface area contributed by atoms with E-state index in [1.165, 1.54) is 13.1 Å². The first-order valence-corrected chi connectivity index (χ1v) is 4.69. The third-order valence-corrected chi connectivity index (χ3v) is 1.87. The molecule has 0 saturated heterocycles. The molecule has 1 aromatic rings. The van der Waals surface area contributed by atoms with Gasteiger partial charge in [0.1, 0.15) is 11.5 Å². The van der Waals surface area contributed by atoms with Gasteiger partial charge in [-0.25, -0.2) is 5.43 Å². The van der Waals surface area contributed by atoms with Gasteiger partial charge in [0.15, 0.2) is 0 Å². The highest BCUT2D eigenvalue weighted by molar-refractivity contribution is 5.85. The fourth-order valence-corrected chi connectivity index (χ4v) is 1.12. The molecule has 0 radical (unpaired) electrons. The van der Waals surface area contributed by atoms with Crippen LogP contribution in [0.5, 0.6) is 11.5 Å². The van der Waals surface area contributed by atoms with Crippen LogP contribution in [-0.2, 0) is 4.79 Å². The van der Waals surface area contributed by atoms with Gasteiger partial charge < -0.3 is 9.47 Å². The van der Waals surface area contributed by atoms with Gasteiger partial charge >= 0.3 is 0 Å². The zero-order chi connectivity index (χ0) is 12.0. The maximum Gasteiger partial charge on any atom is 0.236 e. The van der Waals surface area contributed by atoms with Crippen molar-refractivity contribution in [2.75, 3.05) is 14.2 Å². The molecule has 0 aromatic heterocycles. The lowest BCUT2D eigenvalue weighted by Crippen LogP contribution is -2.12. The number of hydrazone groups is 1. The zero-order valence-corrected chi connectivity index (χ0v) is 9.48. The van der Waals surface area contributed by atoms with Crippen molar-refractivity contribution in [2.24, 2.45) is 5.10 Å². The molecule has 5 heteroatoms. The van der Waals surface area contributed by atoms with Crippen molar-refractivity contribution in [1.82, 2.24) is 5.43 Å². The quantitative estimate of drug-likeness (QED) is 0.614. The lowest BCUT2D eigenvalue weighted by Gasteiger charge is -2.06. The summed E-state index contributed by atoms with van der Waals surface area (Å²) in [5.41, 5.74) is 3.08. The van der Waals surface area contributed by atoms with Crippen LogP contribution in [0.25, 0.3) is 0 Å². The normalized spacial score (nSPS) is 10.2. The number of amides is 1. The van der Waals surface area contributed by atoms with Crippen LogP contribution in [0.3, 0.4) is 0 Å². The summed E-state index contributed by atoms with van der Waals surface area (Å²) in [5, 5.41) is 3.76. The van der Waals surface area contributed by atoms with Gasteiger partial charge in [0, 0.05) is 18.6 Å². The fraction of sp³-hybridized carbons (Fsp3) is 0.273. The van der Waals surface area contributed by atoms with Crippen molar-refractivity contribution in [3.05, 3.63) is 23.8 Å². The van der Waals surface area contributed by atoms with E-state index in [1.807, 2.05) is 0 Å². The van der Waals surface area contributed by atoms with Gasteiger partial charge in [0.25, 0.3) is 0 Å². The monoisotopic (exact) mass is 222 g/mol. The molecule has 1 aromatic carbocycles. The maximum absolute atomic E-state index is 10.6. The number of rotatable bonds is 4. The Morgan fingerprint density at radius 3 is 2.69 bits per heavy atom. The first kappa shape index (κ1) is 12.0. The van der Waals surface area contributed by atoms with Crippen LogP contribution in [-0.4, -0.2) is 26.3 Å². The van der Waals surface area contributed by atoms with Gasteiger partial charge in [-0.05, 0) is 12.1 Å². The summed E-state index contributed by atoms with van der Waals surface area (Å²) >= 11 is 0. The highest BCUT2D eigenvalue weighted by Gasteiger charge is 2.02. The van der Waals surface area contributed by atoms with Gasteiger partial charge in [0.05, 0.1) is 20.4 Å². The molecule has 0 atom stereocenters. The molecule has 1 amide bonds. The van der Waals surface area contributed by atoms with Crippen molar-refractivity contribution in [1.29, 1.82) is 0 Å². The van der Waals surface area contributed by atoms with Gasteiger partial charge in [-0.3, -0.25) is 4.79 Å². The first-order valence-electron chi connectivity index (χ1n) is 4.69. The molecular formula is C11H14N2O3. The molecule has 5 nitrogen and oxygen atoms in total. The van der Waals surface area contributed by atoms with Crippen LogP contribution >= 0.6 is 0 Å². The number of hydrogen-bond donors (Lipinski definition) is 1. The van der Waals surface area contributed by atoms with E-state index >= 15 is 0 Å². The average molecular weight is 222 g/mol. The number of carbonyl (C=O) groups is 1. The molecule has 0 unspecified atom stereocenters. The van der Waals surface area contributed by atoms with Crippen molar-refractivity contribution in [3.8, 4) is 11.5 Å². The molecule has 1 N–H and O–H groups in total. The van der Waals surface area contributed by atoms with Crippen molar-refractivity contribution < 1.29 is 14.3 Å². The number of ether oxygens (including phenoxy) is 2. The maximum atomic E-state index is 10.6. The minimum absolute atomic E-state index is 0.219. The SMILES string of the molecule is COc1ccc(C=NNC(C)=O)c(OC)c1. The molecular weight excluding hydrogens is 208 g/mol. The first-order chi connectivity index (χ1) is 7.67. The summed E-state index contributed by atoms with van der Waals surface area (Å²) in [4.78, 5) is 10.6. The third kappa shape index (κ3) is 3.27. The summed E-state index contributed by atoms with van der Waals surface area (Å²) in [6, 6.07) is 5.33. The van der Waals surface area contributed by atoms with E-state index in [9.17, 15) is 4.79 Å². The van der Waals surface area contributed by atoms with E-state index in [1.54, 1.807) is 32.4 Å². The Balaban J connectivity index is 2.87. The number of benzene rings is 1. The molecule has 16 heavy (non-hydrogen) atoms. The Morgan fingerprint density at radius 1 is 1.38 bits per heavy atom. The number of nitrogens with one attached hydrogen (secondary N) is 1. The van der Waals surface area contributed by atoms with Gasteiger partial charge in [0.2, 0.25) is 5.91 Å². The standard InChI is InChI=1S/C11H14N2O3/c1-8(14)13-12-7-9-4-5-10(15-2)6-11(9)16-3/h4-7H,1-3H3,(H,13,14). The van der Waals surface area contributed by atoms with E-state index in [0.717, 1.165) is 5.56 Å². The van der Waals surface area contributed by atoms with E-state index < -0.39 is 0 Å². The van der Waals surface area contributed by atoms with Crippen molar-refractivity contribution in [2.45, 2.75) is 6.92 Å². The van der Waals surface area contributed by atoms with Gasteiger partial charge in [-0.1, -0.05) is 0 Å². The Hall–Kier alpha value is -2.04. The molecule has 0 spiro atoms. The number of carbonyl (C=O) groups excluding carboxylic acids is 1. The van der Waals surface area contributed by atoms with E-state index in [0.29, 0.717) is 11.5 Å². The molecule has 0 heterocycles. The second kappa shape index (κ2) is 5.75. The molecule has 0 aliphatic rings. The van der Waals surface area contributed by atoms with Gasteiger partial charge in [-0.2, -0.15) is 5.10 Å². The lowest BCUT2D eigenvalue weighted by atomic mass is 10.2. The molecule has 0 aliphatic heterocycles. The molecule has 0 fully saturated rings. The fourth-order valence-electron chi connectivity index (χ4n) is 1.12. The van der Waals surface area contributed by atoms with Crippen LogP contribution in [0.1, 0.15) is 12.5 Å². The number of nitrogens with zero attached hydrogens (tertiary/aromatic N) is 1. The molecule has 86 valence electrons. The average Bonchev–Trinajstić information content (AvgIpc) is 2.29. The van der Waals surface area contributed by atoms with Crippen LogP contribution in [0.2, 0.25) is 0 Å². The Labute approximate surface area is 94.1 Å². The summed E-state index contributed by atoms with van der Waals surface area (Å²) in [6.45, 7) is 1.39. The molecule has 0 saturated carbocycles. The summed E-state index contributed by atoms with van der Waals surface area (Å²) in [7, 11) is 3.14. The number of hydrogen-bond acceptors (Lipinski definition) is 4. The highest BCUT2D eigenvalue weighted by atomic mass is 16.5. The smallest absolute Gasteiger partial charge is 0.236 e. The summed E-state index contributed by atoms with van der Waals surface area (Å²) in [6.07, 6.45) is 1.51. The van der Waals surface area contributed by atoms with Crippen molar-refractivity contribution in [3.63, 3.8) is 0 Å². The predicted molar refractivity (Wildman–Crippen MR) is 61.0 cm³/mol. The minimum Gasteiger partial charge on any atom is -0.497 e. The Kier molecular flexibility index (Phi) is 4.32. The van der Waals surface area contributed by atoms with Crippen LogP contribution in [0.4, 0.5) is 0 Å². The number of methoxy groups -OCH3 is 2. The second-order valence-corrected chi connectivity index (χ2v) is 3.03. The molecule has 1 rings (SSSR count). The van der Waals surface area contributed by atoms with E-state index in [4.69, 9.17) is 9.47 Å². The van der Waals surface area contributed by atoms with Crippen LogP contribution < -0.4 is 14.9 Å². The predicted octanol–water partition coefficient (Wildman–Crippen LogP) is 1.17. The topological polar surface area (TPSA) is 59.9 Å². The lowest BCUT2D eigenvalue weighted by molar-refractivity contribution is -0.118. The summed E-state index contributed by atoms with van der Waals surface area (Å²) in [5.74, 6) is 1.12. The largest absolute Gasteiger partial charge is 0.497 e.